The fourth-order valence-electron chi connectivity index (χ4n) is 3.53. The molecule has 4 rings (SSSR count). The molecule has 0 spiro atoms. The van der Waals surface area contributed by atoms with Crippen LogP contribution in [0.15, 0.2) is 78.0 Å². The molecule has 1 amide bonds. The summed E-state index contributed by atoms with van der Waals surface area (Å²) in [5.41, 5.74) is 4.96. The van der Waals surface area contributed by atoms with Crippen LogP contribution in [0.3, 0.4) is 0 Å². The van der Waals surface area contributed by atoms with Crippen molar-refractivity contribution in [3.8, 4) is 11.4 Å². The van der Waals surface area contributed by atoms with Crippen LogP contribution in [0.25, 0.3) is 5.69 Å². The predicted molar refractivity (Wildman–Crippen MR) is 142 cm³/mol. The Morgan fingerprint density at radius 3 is 2.43 bits per heavy atom. The summed E-state index contributed by atoms with van der Waals surface area (Å²) < 4.78 is 7.50. The highest BCUT2D eigenvalue weighted by atomic mass is 32.2. The first kappa shape index (κ1) is 24.3. The van der Waals surface area contributed by atoms with E-state index < -0.39 is 0 Å². The van der Waals surface area contributed by atoms with Crippen LogP contribution in [-0.2, 0) is 11.3 Å². The molecule has 7 nitrogen and oxygen atoms in total. The van der Waals surface area contributed by atoms with Crippen molar-refractivity contribution >= 4 is 29.0 Å². The molecule has 4 aromatic rings. The number of thioether (sulfide) groups is 1. The van der Waals surface area contributed by atoms with Gasteiger partial charge in [-0.25, -0.2) is 0 Å². The molecule has 0 aliphatic carbocycles. The van der Waals surface area contributed by atoms with Crippen molar-refractivity contribution in [2.75, 3.05) is 23.0 Å². The molecule has 0 saturated carbocycles. The third-order valence-corrected chi connectivity index (χ3v) is 6.17. The number of anilines is 2. The van der Waals surface area contributed by atoms with Gasteiger partial charge in [0.1, 0.15) is 5.75 Å². The second-order valence-electron chi connectivity index (χ2n) is 8.09. The molecule has 1 heterocycles. The Kier molecular flexibility index (Phi) is 8.05. The van der Waals surface area contributed by atoms with E-state index in [4.69, 9.17) is 4.74 Å². The van der Waals surface area contributed by atoms with Crippen molar-refractivity contribution in [3.05, 3.63) is 89.7 Å². The summed E-state index contributed by atoms with van der Waals surface area (Å²) in [7, 11) is 0. The van der Waals surface area contributed by atoms with Gasteiger partial charge >= 0.3 is 0 Å². The van der Waals surface area contributed by atoms with Crippen molar-refractivity contribution in [2.45, 2.75) is 32.5 Å². The summed E-state index contributed by atoms with van der Waals surface area (Å²) in [5.74, 6) is 1.73. The highest BCUT2D eigenvalue weighted by molar-refractivity contribution is 7.99. The highest BCUT2D eigenvalue weighted by Crippen LogP contribution is 2.24. The van der Waals surface area contributed by atoms with E-state index in [-0.39, 0.29) is 11.7 Å². The van der Waals surface area contributed by atoms with E-state index in [2.05, 4.69) is 39.9 Å². The van der Waals surface area contributed by atoms with Gasteiger partial charge in [0.15, 0.2) is 11.0 Å². The maximum absolute atomic E-state index is 12.6. The summed E-state index contributed by atoms with van der Waals surface area (Å²) in [5, 5.41) is 15.8. The molecular weight excluding hydrogens is 458 g/mol. The first-order valence-electron chi connectivity index (χ1n) is 11.5. The van der Waals surface area contributed by atoms with Crippen LogP contribution in [-0.4, -0.2) is 33.0 Å². The molecule has 2 N–H and O–H groups in total. The van der Waals surface area contributed by atoms with Gasteiger partial charge in [-0.05, 0) is 74.9 Å². The average Bonchev–Trinajstić information content (AvgIpc) is 3.26. The van der Waals surface area contributed by atoms with Gasteiger partial charge in [-0.15, -0.1) is 10.2 Å². The lowest BCUT2D eigenvalue weighted by Crippen LogP contribution is -2.15. The molecule has 0 aliphatic rings. The first-order chi connectivity index (χ1) is 17.0. The van der Waals surface area contributed by atoms with Crippen LogP contribution in [0.2, 0.25) is 0 Å². The number of ether oxygens (including phenoxy) is 1. The largest absolute Gasteiger partial charge is 0.494 e. The van der Waals surface area contributed by atoms with E-state index in [1.165, 1.54) is 17.3 Å². The van der Waals surface area contributed by atoms with Crippen LogP contribution < -0.4 is 15.4 Å². The van der Waals surface area contributed by atoms with Crippen molar-refractivity contribution in [2.24, 2.45) is 0 Å². The fraction of sp³-hybridized carbons (Fsp3) is 0.222. The molecule has 0 bridgehead atoms. The molecule has 0 unspecified atom stereocenters. The summed E-state index contributed by atoms with van der Waals surface area (Å²) in [6, 6.07) is 23.8. The van der Waals surface area contributed by atoms with Crippen molar-refractivity contribution in [1.29, 1.82) is 0 Å². The maximum Gasteiger partial charge on any atom is 0.234 e. The van der Waals surface area contributed by atoms with E-state index in [9.17, 15) is 4.79 Å². The molecular formula is C27H29N5O2S. The number of nitrogens with zero attached hydrogens (tertiary/aromatic N) is 3. The lowest BCUT2D eigenvalue weighted by atomic mass is 10.2. The second-order valence-corrected chi connectivity index (χ2v) is 9.03. The minimum absolute atomic E-state index is 0.0897. The quantitative estimate of drug-likeness (QED) is 0.282. The topological polar surface area (TPSA) is 81.1 Å². The first-order valence-corrected chi connectivity index (χ1v) is 12.5. The maximum atomic E-state index is 12.6. The highest BCUT2D eigenvalue weighted by Gasteiger charge is 2.16. The molecule has 180 valence electrons. The van der Waals surface area contributed by atoms with Gasteiger partial charge in [-0.1, -0.05) is 41.6 Å². The van der Waals surface area contributed by atoms with Crippen molar-refractivity contribution in [3.63, 3.8) is 0 Å². The fourth-order valence-corrected chi connectivity index (χ4v) is 4.30. The molecule has 0 radical (unpaired) electrons. The second kappa shape index (κ2) is 11.6. The number of hydrogen-bond donors (Lipinski definition) is 2. The van der Waals surface area contributed by atoms with Gasteiger partial charge < -0.3 is 15.4 Å². The van der Waals surface area contributed by atoms with E-state index in [1.807, 2.05) is 79.1 Å². The number of rotatable bonds is 10. The van der Waals surface area contributed by atoms with E-state index in [1.54, 1.807) is 0 Å². The number of carbonyl (C=O) groups is 1. The molecule has 0 aliphatic heterocycles. The van der Waals surface area contributed by atoms with E-state index >= 15 is 0 Å². The van der Waals surface area contributed by atoms with Crippen LogP contribution in [0.5, 0.6) is 5.75 Å². The lowest BCUT2D eigenvalue weighted by Gasteiger charge is -2.12. The van der Waals surface area contributed by atoms with Gasteiger partial charge in [-0.2, -0.15) is 0 Å². The summed E-state index contributed by atoms with van der Waals surface area (Å²) in [4.78, 5) is 12.6. The smallest absolute Gasteiger partial charge is 0.234 e. The molecule has 0 atom stereocenters. The Labute approximate surface area is 209 Å². The minimum atomic E-state index is -0.0897. The number of aryl methyl sites for hydroxylation is 2. The van der Waals surface area contributed by atoms with Crippen LogP contribution in [0, 0.1) is 13.8 Å². The van der Waals surface area contributed by atoms with Gasteiger partial charge in [0, 0.05) is 17.1 Å². The molecule has 0 fully saturated rings. The molecule has 35 heavy (non-hydrogen) atoms. The number of aromatic nitrogens is 3. The number of benzene rings is 3. The van der Waals surface area contributed by atoms with E-state index in [0.717, 1.165) is 34.2 Å². The summed E-state index contributed by atoms with van der Waals surface area (Å²) in [6.45, 7) is 7.12. The van der Waals surface area contributed by atoms with E-state index in [0.29, 0.717) is 18.3 Å². The number of carbonyl (C=O) groups excluding carboxylic acids is 1. The van der Waals surface area contributed by atoms with Gasteiger partial charge in [0.2, 0.25) is 5.91 Å². The summed E-state index contributed by atoms with van der Waals surface area (Å²) in [6.07, 6.45) is 0. The number of nitrogens with one attached hydrogen (secondary N) is 2. The minimum Gasteiger partial charge on any atom is -0.494 e. The van der Waals surface area contributed by atoms with Crippen LogP contribution >= 0.6 is 11.8 Å². The number of amides is 1. The SMILES string of the molecule is CCOc1ccc(NCc2nnc(SCC(=O)Nc3cccc(C)c3)n2-c2ccc(C)cc2)cc1. The van der Waals surface area contributed by atoms with Crippen LogP contribution in [0.4, 0.5) is 11.4 Å². The van der Waals surface area contributed by atoms with Crippen molar-refractivity contribution in [1.82, 2.24) is 14.8 Å². The zero-order chi connectivity index (χ0) is 24.6. The number of hydrogen-bond acceptors (Lipinski definition) is 6. The molecule has 3 aromatic carbocycles. The Morgan fingerprint density at radius 2 is 1.71 bits per heavy atom. The van der Waals surface area contributed by atoms with Crippen molar-refractivity contribution < 1.29 is 9.53 Å². The zero-order valence-corrected chi connectivity index (χ0v) is 20.9. The molecule has 0 saturated heterocycles. The Hall–Kier alpha value is -3.78. The standard InChI is InChI=1S/C27H29N5O2S/c1-4-34-24-14-10-21(11-15-24)28-17-25-30-31-27(32(25)23-12-8-19(2)9-13-23)35-18-26(33)29-22-7-5-6-20(3)16-22/h5-16,28H,4,17-18H2,1-3H3,(H,29,33). The van der Waals surface area contributed by atoms with Gasteiger partial charge in [0.25, 0.3) is 0 Å². The Morgan fingerprint density at radius 1 is 0.943 bits per heavy atom. The lowest BCUT2D eigenvalue weighted by molar-refractivity contribution is -0.113. The predicted octanol–water partition coefficient (Wildman–Crippen LogP) is 5.63. The molecule has 8 heteroatoms. The monoisotopic (exact) mass is 487 g/mol. The Balaban J connectivity index is 1.48. The Bertz CT molecular complexity index is 1270. The zero-order valence-electron chi connectivity index (χ0n) is 20.1. The third kappa shape index (κ3) is 6.64. The van der Waals surface area contributed by atoms with Gasteiger partial charge in [-0.3, -0.25) is 9.36 Å². The molecule has 1 aromatic heterocycles. The van der Waals surface area contributed by atoms with Gasteiger partial charge in [0.05, 0.1) is 18.9 Å². The third-order valence-electron chi connectivity index (χ3n) is 5.24. The summed E-state index contributed by atoms with van der Waals surface area (Å²) >= 11 is 1.36. The average molecular weight is 488 g/mol. The normalized spacial score (nSPS) is 10.7. The van der Waals surface area contributed by atoms with Crippen LogP contribution in [0.1, 0.15) is 23.9 Å².